The van der Waals surface area contributed by atoms with Gasteiger partial charge in [0, 0.05) is 30.5 Å². The van der Waals surface area contributed by atoms with Gasteiger partial charge >= 0.3 is 0 Å². The van der Waals surface area contributed by atoms with Crippen LogP contribution in [-0.2, 0) is 13.1 Å². The third-order valence-electron chi connectivity index (χ3n) is 2.57. The Morgan fingerprint density at radius 3 is 2.05 bits per heavy atom. The molecule has 2 rings (SSSR count). The summed E-state index contributed by atoms with van der Waals surface area (Å²) in [5, 5.41) is 7.67. The first-order chi connectivity index (χ1) is 9.24. The van der Waals surface area contributed by atoms with Crippen molar-refractivity contribution in [3.63, 3.8) is 0 Å². The van der Waals surface area contributed by atoms with Crippen LogP contribution in [0.2, 0.25) is 5.02 Å². The quantitative estimate of drug-likeness (QED) is 0.850. The molecule has 0 radical (unpaired) electrons. The Labute approximate surface area is 123 Å². The van der Waals surface area contributed by atoms with E-state index in [0.29, 0.717) is 18.2 Å². The van der Waals surface area contributed by atoms with Crippen LogP contribution in [0.25, 0.3) is 0 Å². The molecule has 0 aliphatic heterocycles. The van der Waals surface area contributed by atoms with Crippen LogP contribution in [-0.4, -0.2) is 10.1 Å². The van der Waals surface area contributed by atoms with Gasteiger partial charge in [0.15, 0.2) is 5.11 Å². The molecule has 0 aliphatic carbocycles. The normalized spacial score (nSPS) is 9.95. The van der Waals surface area contributed by atoms with Crippen molar-refractivity contribution >= 4 is 28.9 Å². The summed E-state index contributed by atoms with van der Waals surface area (Å²) < 4.78 is 0. The van der Waals surface area contributed by atoms with Gasteiger partial charge < -0.3 is 10.6 Å². The van der Waals surface area contributed by atoms with E-state index in [1.165, 1.54) is 0 Å². The van der Waals surface area contributed by atoms with Gasteiger partial charge in [0.1, 0.15) is 0 Å². The van der Waals surface area contributed by atoms with Gasteiger partial charge in [0.2, 0.25) is 0 Å². The SMILES string of the molecule is S=C(NCc1ccncc1)NCc1ccc(Cl)cc1. The van der Waals surface area contributed by atoms with E-state index in [1.807, 2.05) is 36.4 Å². The second-order valence-corrected chi connectivity index (χ2v) is 4.86. The molecule has 0 spiro atoms. The van der Waals surface area contributed by atoms with Crippen molar-refractivity contribution in [1.82, 2.24) is 15.6 Å². The number of pyridine rings is 1. The maximum absolute atomic E-state index is 5.83. The number of hydrogen-bond donors (Lipinski definition) is 2. The van der Waals surface area contributed by atoms with Gasteiger partial charge in [-0.05, 0) is 47.6 Å². The van der Waals surface area contributed by atoms with E-state index in [9.17, 15) is 0 Å². The zero-order valence-corrected chi connectivity index (χ0v) is 11.8. The maximum atomic E-state index is 5.83. The number of thiocarbonyl (C=S) groups is 1. The van der Waals surface area contributed by atoms with E-state index in [0.717, 1.165) is 16.1 Å². The fraction of sp³-hybridized carbons (Fsp3) is 0.143. The largest absolute Gasteiger partial charge is 0.359 e. The molecule has 1 heterocycles. The fourth-order valence-corrected chi connectivity index (χ4v) is 1.80. The highest BCUT2D eigenvalue weighted by Crippen LogP contribution is 2.09. The van der Waals surface area contributed by atoms with Gasteiger partial charge in [-0.1, -0.05) is 23.7 Å². The molecule has 5 heteroatoms. The molecule has 2 aromatic rings. The zero-order valence-electron chi connectivity index (χ0n) is 10.3. The minimum atomic E-state index is 0.631. The number of benzene rings is 1. The molecule has 0 bridgehead atoms. The van der Waals surface area contributed by atoms with Crippen molar-refractivity contribution in [2.24, 2.45) is 0 Å². The monoisotopic (exact) mass is 291 g/mol. The summed E-state index contributed by atoms with van der Waals surface area (Å²) in [4.78, 5) is 3.97. The number of halogens is 1. The highest BCUT2D eigenvalue weighted by molar-refractivity contribution is 7.80. The summed E-state index contributed by atoms with van der Waals surface area (Å²) in [5.41, 5.74) is 2.28. The molecular weight excluding hydrogens is 278 g/mol. The molecule has 0 amide bonds. The second kappa shape index (κ2) is 7.07. The van der Waals surface area contributed by atoms with Crippen LogP contribution in [0.4, 0.5) is 0 Å². The molecule has 1 aromatic carbocycles. The minimum absolute atomic E-state index is 0.631. The highest BCUT2D eigenvalue weighted by Gasteiger charge is 1.97. The summed E-state index contributed by atoms with van der Waals surface area (Å²) >= 11 is 11.0. The first kappa shape index (κ1) is 13.8. The van der Waals surface area contributed by atoms with Crippen LogP contribution in [0.1, 0.15) is 11.1 Å². The van der Waals surface area contributed by atoms with Crippen molar-refractivity contribution in [1.29, 1.82) is 0 Å². The Hall–Kier alpha value is -1.65. The van der Waals surface area contributed by atoms with Gasteiger partial charge in [-0.15, -0.1) is 0 Å². The third kappa shape index (κ3) is 4.85. The van der Waals surface area contributed by atoms with Crippen LogP contribution >= 0.6 is 23.8 Å². The number of rotatable bonds is 4. The zero-order chi connectivity index (χ0) is 13.5. The summed E-state index contributed by atoms with van der Waals surface area (Å²) in [7, 11) is 0. The smallest absolute Gasteiger partial charge is 0.166 e. The molecule has 0 saturated carbocycles. The lowest BCUT2D eigenvalue weighted by molar-refractivity contribution is 0.832. The van der Waals surface area contributed by atoms with Crippen molar-refractivity contribution in [2.45, 2.75) is 13.1 Å². The molecular formula is C14H14ClN3S. The standard InChI is InChI=1S/C14H14ClN3S/c15-13-3-1-11(2-4-13)9-17-14(19)18-10-12-5-7-16-8-6-12/h1-8H,9-10H2,(H2,17,18,19). The minimum Gasteiger partial charge on any atom is -0.359 e. The number of hydrogen-bond acceptors (Lipinski definition) is 2. The van der Waals surface area contributed by atoms with Gasteiger partial charge in [-0.3, -0.25) is 4.98 Å². The predicted octanol–water partition coefficient (Wildman–Crippen LogP) is 2.90. The first-order valence-electron chi connectivity index (χ1n) is 5.89. The molecule has 2 N–H and O–H groups in total. The van der Waals surface area contributed by atoms with Gasteiger partial charge in [0.25, 0.3) is 0 Å². The fourth-order valence-electron chi connectivity index (χ4n) is 1.53. The Bertz CT molecular complexity index is 528. The predicted molar refractivity (Wildman–Crippen MR) is 82.0 cm³/mol. The molecule has 19 heavy (non-hydrogen) atoms. The van der Waals surface area contributed by atoms with E-state index < -0.39 is 0 Å². The topological polar surface area (TPSA) is 37.0 Å². The summed E-state index contributed by atoms with van der Waals surface area (Å²) in [5.74, 6) is 0. The molecule has 1 aromatic heterocycles. The van der Waals surface area contributed by atoms with Crippen molar-refractivity contribution in [2.75, 3.05) is 0 Å². The second-order valence-electron chi connectivity index (χ2n) is 4.02. The van der Waals surface area contributed by atoms with Crippen molar-refractivity contribution < 1.29 is 0 Å². The van der Waals surface area contributed by atoms with Crippen LogP contribution in [0.3, 0.4) is 0 Å². The Morgan fingerprint density at radius 2 is 1.47 bits per heavy atom. The van der Waals surface area contributed by atoms with E-state index in [-0.39, 0.29) is 0 Å². The number of nitrogens with zero attached hydrogens (tertiary/aromatic N) is 1. The summed E-state index contributed by atoms with van der Waals surface area (Å²) in [6, 6.07) is 11.6. The van der Waals surface area contributed by atoms with Crippen LogP contribution < -0.4 is 10.6 Å². The molecule has 0 aliphatic rings. The molecule has 0 atom stereocenters. The summed E-state index contributed by atoms with van der Waals surface area (Å²) in [6.45, 7) is 1.37. The Balaban J connectivity index is 1.74. The molecule has 0 fully saturated rings. The average Bonchev–Trinajstić information content (AvgIpc) is 2.45. The lowest BCUT2D eigenvalue weighted by Crippen LogP contribution is -2.34. The maximum Gasteiger partial charge on any atom is 0.166 e. The number of aromatic nitrogens is 1. The van der Waals surface area contributed by atoms with Crippen LogP contribution in [0, 0.1) is 0 Å². The van der Waals surface area contributed by atoms with Gasteiger partial charge in [0.05, 0.1) is 0 Å². The highest BCUT2D eigenvalue weighted by atomic mass is 35.5. The van der Waals surface area contributed by atoms with Gasteiger partial charge in [-0.2, -0.15) is 0 Å². The van der Waals surface area contributed by atoms with Gasteiger partial charge in [-0.25, -0.2) is 0 Å². The molecule has 0 unspecified atom stereocenters. The van der Waals surface area contributed by atoms with Crippen LogP contribution in [0.5, 0.6) is 0 Å². The lowest BCUT2D eigenvalue weighted by Gasteiger charge is -2.10. The van der Waals surface area contributed by atoms with Crippen molar-refractivity contribution in [3.05, 3.63) is 64.9 Å². The van der Waals surface area contributed by atoms with Crippen molar-refractivity contribution in [3.8, 4) is 0 Å². The first-order valence-corrected chi connectivity index (χ1v) is 6.68. The van der Waals surface area contributed by atoms with E-state index >= 15 is 0 Å². The Morgan fingerprint density at radius 1 is 0.947 bits per heavy atom. The summed E-state index contributed by atoms with van der Waals surface area (Å²) in [6.07, 6.45) is 3.53. The molecule has 98 valence electrons. The Kier molecular flexibility index (Phi) is 5.12. The van der Waals surface area contributed by atoms with E-state index in [4.69, 9.17) is 23.8 Å². The molecule has 3 nitrogen and oxygen atoms in total. The van der Waals surface area contributed by atoms with E-state index in [1.54, 1.807) is 12.4 Å². The van der Waals surface area contributed by atoms with E-state index in [2.05, 4.69) is 15.6 Å². The lowest BCUT2D eigenvalue weighted by atomic mass is 10.2. The third-order valence-corrected chi connectivity index (χ3v) is 3.11. The van der Waals surface area contributed by atoms with Crippen LogP contribution in [0.15, 0.2) is 48.8 Å². The molecule has 0 saturated heterocycles. The number of nitrogens with one attached hydrogen (secondary N) is 2. The average molecular weight is 292 g/mol.